The van der Waals surface area contributed by atoms with E-state index in [0.717, 1.165) is 56.0 Å². The highest BCUT2D eigenvalue weighted by Gasteiger charge is 2.35. The van der Waals surface area contributed by atoms with Crippen LogP contribution in [0.4, 0.5) is 0 Å². The van der Waals surface area contributed by atoms with Crippen LogP contribution in [-0.2, 0) is 30.6 Å². The smallest absolute Gasteiger partial charge is 0.227 e. The number of hydrogen-bond donors (Lipinski definition) is 0. The number of ether oxygens (including phenoxy) is 2. The zero-order chi connectivity index (χ0) is 17.5. The Kier molecular flexibility index (Phi) is 3.84. The molecular formula is C22H23NO3. The second kappa shape index (κ2) is 6.35. The lowest BCUT2D eigenvalue weighted by Crippen LogP contribution is -2.34. The minimum Gasteiger partial charge on any atom is -0.493 e. The monoisotopic (exact) mass is 349 g/mol. The van der Waals surface area contributed by atoms with Crippen molar-refractivity contribution >= 4 is 5.91 Å². The van der Waals surface area contributed by atoms with Crippen LogP contribution < -0.4 is 9.47 Å². The van der Waals surface area contributed by atoms with Gasteiger partial charge in [0.05, 0.1) is 26.2 Å². The van der Waals surface area contributed by atoms with Gasteiger partial charge in [0.25, 0.3) is 0 Å². The summed E-state index contributed by atoms with van der Waals surface area (Å²) >= 11 is 0. The third kappa shape index (κ3) is 2.83. The predicted octanol–water partition coefficient (Wildman–Crippen LogP) is 3.29. The fourth-order valence-corrected chi connectivity index (χ4v) is 4.10. The second-order valence-corrected chi connectivity index (χ2v) is 7.43. The van der Waals surface area contributed by atoms with Gasteiger partial charge in [-0.2, -0.15) is 0 Å². The van der Waals surface area contributed by atoms with Crippen molar-refractivity contribution in [2.24, 2.45) is 0 Å². The van der Waals surface area contributed by atoms with Crippen molar-refractivity contribution in [3.8, 4) is 11.5 Å². The van der Waals surface area contributed by atoms with E-state index in [0.29, 0.717) is 19.0 Å². The fourth-order valence-electron chi connectivity index (χ4n) is 4.10. The van der Waals surface area contributed by atoms with Gasteiger partial charge in [0.1, 0.15) is 11.5 Å². The van der Waals surface area contributed by atoms with Gasteiger partial charge in [-0.1, -0.05) is 30.3 Å². The van der Waals surface area contributed by atoms with E-state index in [1.165, 1.54) is 16.7 Å². The lowest BCUT2D eigenvalue weighted by atomic mass is 9.98. The summed E-state index contributed by atoms with van der Waals surface area (Å²) in [5.41, 5.74) is 4.72. The number of amides is 1. The molecule has 5 rings (SSSR count). The van der Waals surface area contributed by atoms with E-state index in [1.807, 2.05) is 30.3 Å². The predicted molar refractivity (Wildman–Crippen MR) is 98.6 cm³/mol. The molecule has 26 heavy (non-hydrogen) atoms. The van der Waals surface area contributed by atoms with Crippen molar-refractivity contribution in [3.63, 3.8) is 0 Å². The Bertz CT molecular complexity index is 810. The number of hydrogen-bond acceptors (Lipinski definition) is 3. The summed E-state index contributed by atoms with van der Waals surface area (Å²) in [4.78, 5) is 15.1. The molecule has 1 aliphatic carbocycles. The molecule has 0 unspecified atom stereocenters. The first-order valence-corrected chi connectivity index (χ1v) is 9.56. The van der Waals surface area contributed by atoms with Crippen LogP contribution in [0.1, 0.15) is 35.1 Å². The molecule has 1 saturated carbocycles. The summed E-state index contributed by atoms with van der Waals surface area (Å²) in [7, 11) is 0. The third-order valence-electron chi connectivity index (χ3n) is 5.59. The molecule has 4 nitrogen and oxygen atoms in total. The maximum atomic E-state index is 13.1. The first kappa shape index (κ1) is 15.7. The second-order valence-electron chi connectivity index (χ2n) is 7.43. The van der Waals surface area contributed by atoms with Crippen LogP contribution in [0, 0.1) is 0 Å². The maximum absolute atomic E-state index is 13.1. The molecule has 0 N–H and O–H groups in total. The summed E-state index contributed by atoms with van der Waals surface area (Å²) in [6.07, 6.45) is 4.52. The molecule has 2 heterocycles. The highest BCUT2D eigenvalue weighted by molar-refractivity contribution is 5.79. The average molecular weight is 349 g/mol. The van der Waals surface area contributed by atoms with Gasteiger partial charge in [0, 0.05) is 35.6 Å². The number of rotatable bonds is 5. The minimum absolute atomic E-state index is 0.210. The van der Waals surface area contributed by atoms with Crippen molar-refractivity contribution in [2.45, 2.75) is 44.7 Å². The summed E-state index contributed by atoms with van der Waals surface area (Å²) in [6.45, 7) is 2.10. The van der Waals surface area contributed by atoms with E-state index in [-0.39, 0.29) is 5.91 Å². The van der Waals surface area contributed by atoms with Gasteiger partial charge in [0.15, 0.2) is 0 Å². The molecule has 0 radical (unpaired) electrons. The van der Waals surface area contributed by atoms with Gasteiger partial charge in [-0.3, -0.25) is 4.79 Å². The number of benzene rings is 2. The molecular weight excluding hydrogens is 326 g/mol. The lowest BCUT2D eigenvalue weighted by Gasteiger charge is -2.25. The van der Waals surface area contributed by atoms with Crippen LogP contribution in [0.3, 0.4) is 0 Å². The largest absolute Gasteiger partial charge is 0.493 e. The van der Waals surface area contributed by atoms with E-state index >= 15 is 0 Å². The van der Waals surface area contributed by atoms with Gasteiger partial charge in [-0.05, 0) is 24.5 Å². The molecule has 1 fully saturated rings. The fraction of sp³-hybridized carbons (Fsp3) is 0.409. The van der Waals surface area contributed by atoms with Gasteiger partial charge in [-0.15, -0.1) is 0 Å². The standard InChI is InChI=1S/C22H23NO3/c24-21(12-15-4-2-1-3-5-15)23(17-6-7-17)14-19-18-9-11-25-20(18)13-16-8-10-26-22(16)19/h1-5,13,17H,6-12,14H2. The van der Waals surface area contributed by atoms with Gasteiger partial charge >= 0.3 is 0 Å². The SMILES string of the molecule is O=C(Cc1ccccc1)N(Cc1c2c(cc3c1OCC3)OCC2)C1CC1. The van der Waals surface area contributed by atoms with Crippen LogP contribution in [0.2, 0.25) is 0 Å². The van der Waals surface area contributed by atoms with Crippen molar-refractivity contribution in [1.82, 2.24) is 4.90 Å². The summed E-state index contributed by atoms with van der Waals surface area (Å²) in [5, 5.41) is 0. The third-order valence-corrected chi connectivity index (χ3v) is 5.59. The average Bonchev–Trinajstić information content (AvgIpc) is 3.19. The summed E-state index contributed by atoms with van der Waals surface area (Å²) < 4.78 is 11.8. The highest BCUT2D eigenvalue weighted by atomic mass is 16.5. The Morgan fingerprint density at radius 3 is 2.69 bits per heavy atom. The molecule has 3 aliphatic rings. The Labute approximate surface area is 153 Å². The molecule has 0 atom stereocenters. The van der Waals surface area contributed by atoms with E-state index in [4.69, 9.17) is 9.47 Å². The number of nitrogens with zero attached hydrogens (tertiary/aromatic N) is 1. The Morgan fingerprint density at radius 2 is 1.88 bits per heavy atom. The molecule has 0 spiro atoms. The summed E-state index contributed by atoms with van der Waals surface area (Å²) in [6, 6.07) is 12.5. The zero-order valence-corrected chi connectivity index (χ0v) is 14.9. The van der Waals surface area contributed by atoms with Crippen molar-refractivity contribution in [2.75, 3.05) is 13.2 Å². The lowest BCUT2D eigenvalue weighted by molar-refractivity contribution is -0.131. The number of fused-ring (bicyclic) bond motifs is 2. The van der Waals surface area contributed by atoms with E-state index < -0.39 is 0 Å². The van der Waals surface area contributed by atoms with Crippen LogP contribution in [0.5, 0.6) is 11.5 Å². The molecule has 0 aromatic heterocycles. The number of carbonyl (C=O) groups is 1. The van der Waals surface area contributed by atoms with Crippen LogP contribution in [0.25, 0.3) is 0 Å². The molecule has 1 amide bonds. The van der Waals surface area contributed by atoms with Crippen LogP contribution >= 0.6 is 0 Å². The van der Waals surface area contributed by atoms with E-state index in [1.54, 1.807) is 0 Å². The van der Waals surface area contributed by atoms with Crippen molar-refractivity contribution in [3.05, 3.63) is 58.7 Å². The molecule has 2 aromatic rings. The zero-order valence-electron chi connectivity index (χ0n) is 14.9. The highest BCUT2D eigenvalue weighted by Crippen LogP contribution is 2.42. The van der Waals surface area contributed by atoms with Crippen LogP contribution in [0.15, 0.2) is 36.4 Å². The Morgan fingerprint density at radius 1 is 1.08 bits per heavy atom. The van der Waals surface area contributed by atoms with Crippen LogP contribution in [-0.4, -0.2) is 30.1 Å². The first-order chi connectivity index (χ1) is 12.8. The molecule has 4 heteroatoms. The molecule has 134 valence electrons. The molecule has 0 bridgehead atoms. The van der Waals surface area contributed by atoms with Gasteiger partial charge in [-0.25, -0.2) is 0 Å². The first-order valence-electron chi connectivity index (χ1n) is 9.56. The van der Waals surface area contributed by atoms with Gasteiger partial charge < -0.3 is 14.4 Å². The minimum atomic E-state index is 0.210. The van der Waals surface area contributed by atoms with Crippen molar-refractivity contribution in [1.29, 1.82) is 0 Å². The molecule has 2 aromatic carbocycles. The van der Waals surface area contributed by atoms with Crippen molar-refractivity contribution < 1.29 is 14.3 Å². The molecule has 2 aliphatic heterocycles. The van der Waals surface area contributed by atoms with E-state index in [2.05, 4.69) is 11.0 Å². The topological polar surface area (TPSA) is 38.8 Å². The number of carbonyl (C=O) groups excluding carboxylic acids is 1. The Balaban J connectivity index is 1.44. The van der Waals surface area contributed by atoms with E-state index in [9.17, 15) is 4.79 Å². The quantitative estimate of drug-likeness (QED) is 0.831. The maximum Gasteiger partial charge on any atom is 0.227 e. The summed E-state index contributed by atoms with van der Waals surface area (Å²) in [5.74, 6) is 2.21. The molecule has 0 saturated heterocycles. The van der Waals surface area contributed by atoms with Gasteiger partial charge in [0.2, 0.25) is 5.91 Å². The normalized spacial score (nSPS) is 17.2. The Hall–Kier alpha value is -2.49.